The van der Waals surface area contributed by atoms with Crippen molar-refractivity contribution in [2.45, 2.75) is 121 Å². The monoisotopic (exact) mass is 635 g/mol. The second-order valence-corrected chi connectivity index (χ2v) is 12.5. The fourth-order valence-corrected chi connectivity index (χ4v) is 5.73. The Bertz CT molecular complexity index is 1300. The molecule has 0 radical (unpaired) electrons. The van der Waals surface area contributed by atoms with E-state index in [1.54, 1.807) is 30.3 Å². The van der Waals surface area contributed by atoms with Crippen molar-refractivity contribution in [3.05, 3.63) is 48.5 Å². The van der Waals surface area contributed by atoms with Crippen molar-refractivity contribution in [2.24, 2.45) is 5.10 Å². The summed E-state index contributed by atoms with van der Waals surface area (Å²) in [5, 5.41) is 7.85. The summed E-state index contributed by atoms with van der Waals surface area (Å²) in [6.45, 7) is 2.25. The summed E-state index contributed by atoms with van der Waals surface area (Å²) < 4.78 is 41.4. The van der Waals surface area contributed by atoms with Crippen LogP contribution in [0.3, 0.4) is 0 Å². The Morgan fingerprint density at radius 2 is 1.41 bits per heavy atom. The van der Waals surface area contributed by atoms with Gasteiger partial charge in [0, 0.05) is 6.42 Å². The summed E-state index contributed by atoms with van der Waals surface area (Å²) in [4.78, 5) is 24.4. The van der Waals surface area contributed by atoms with Gasteiger partial charge in [0.2, 0.25) is 5.91 Å². The number of amides is 2. The molecular weight excluding hydrogens is 589 g/mol. The zero-order valence-electron chi connectivity index (χ0n) is 26.4. The van der Waals surface area contributed by atoms with Gasteiger partial charge in [0.1, 0.15) is 27.5 Å². The molecule has 2 aromatic carbocycles. The predicted molar refractivity (Wildman–Crippen MR) is 168 cm³/mol. The van der Waals surface area contributed by atoms with Crippen LogP contribution in [0, 0.1) is 0 Å². The number of hydrogen-bond donors (Lipinski definition) is 1. The summed E-state index contributed by atoms with van der Waals surface area (Å²) in [5.74, 6) is -0.273. The maximum Gasteiger partial charge on any atom is 1.00 e. The van der Waals surface area contributed by atoms with E-state index in [9.17, 15) is 22.6 Å². The zero-order valence-corrected chi connectivity index (χ0v) is 29.2. The van der Waals surface area contributed by atoms with Crippen LogP contribution in [0.1, 0.15) is 116 Å². The molecule has 2 amide bonds. The number of ether oxygens (including phenoxy) is 1. The summed E-state index contributed by atoms with van der Waals surface area (Å²) in [7, 11) is -4.92. The van der Waals surface area contributed by atoms with Crippen molar-refractivity contribution in [3.8, 4) is 11.5 Å². The van der Waals surface area contributed by atoms with Crippen molar-refractivity contribution in [3.63, 3.8) is 0 Å². The van der Waals surface area contributed by atoms with Crippen LogP contribution in [-0.4, -0.2) is 30.6 Å². The van der Waals surface area contributed by atoms with Crippen molar-refractivity contribution in [1.29, 1.82) is 0 Å². The fourth-order valence-electron chi connectivity index (χ4n) is 5.10. The molecule has 1 aliphatic rings. The number of benzene rings is 2. The molecule has 9 nitrogen and oxygen atoms in total. The molecule has 3 rings (SSSR count). The number of nitrogens with one attached hydrogen (secondary N) is 1. The van der Waals surface area contributed by atoms with Gasteiger partial charge in [-0.05, 0) is 36.8 Å². The third-order valence-electron chi connectivity index (χ3n) is 7.48. The maximum atomic E-state index is 12.6. The van der Waals surface area contributed by atoms with Crippen LogP contribution >= 0.6 is 0 Å². The summed E-state index contributed by atoms with van der Waals surface area (Å²) in [6.07, 6.45) is 19.0. The number of para-hydroxylation sites is 1. The number of amidine groups is 1. The van der Waals surface area contributed by atoms with Gasteiger partial charge in [-0.25, -0.2) is 8.42 Å². The van der Waals surface area contributed by atoms with Gasteiger partial charge >= 0.3 is 29.6 Å². The number of carbonyl (C=O) groups excluding carboxylic acids is 2. The molecule has 1 heterocycles. The van der Waals surface area contributed by atoms with Crippen molar-refractivity contribution < 1.29 is 56.9 Å². The SMILES string of the molecule is CCCCCCCCCCCCCCCCCC(=O)NC1=NN(c2ccc(Oc3ccccc3)c(S(=O)(=O)[O-])c2)C(=O)C1.[Na+]. The predicted octanol–water partition coefficient (Wildman–Crippen LogP) is 4.81. The smallest absolute Gasteiger partial charge is 0.744 e. The normalized spacial score (nSPS) is 13.0. The minimum absolute atomic E-state index is 0. The second kappa shape index (κ2) is 20.7. The van der Waals surface area contributed by atoms with Crippen LogP contribution < -0.4 is 44.6 Å². The van der Waals surface area contributed by atoms with E-state index < -0.39 is 20.9 Å². The van der Waals surface area contributed by atoms with Crippen LogP contribution in [0.15, 0.2) is 58.5 Å². The Morgan fingerprint density at radius 1 is 0.864 bits per heavy atom. The fraction of sp³-hybridized carbons (Fsp3) is 0.545. The molecule has 0 aromatic heterocycles. The maximum absolute atomic E-state index is 12.6. The molecule has 0 atom stereocenters. The average Bonchev–Trinajstić information content (AvgIpc) is 3.34. The van der Waals surface area contributed by atoms with Gasteiger partial charge < -0.3 is 14.6 Å². The standard InChI is InChI=1S/C33H47N3O6S.Na/c1-2-3-4-5-6-7-8-9-10-11-12-13-14-15-19-22-32(37)34-31-26-33(38)36(35-31)27-23-24-29(30(25-27)43(39,40)41)42-28-20-17-16-18-21-28;/h16-18,20-21,23-25H,2-15,19,22,26H2,1H3,(H,34,35,37)(H,39,40,41);/q;+1/p-1. The third kappa shape index (κ3) is 13.8. The number of unbranched alkanes of at least 4 members (excludes halogenated alkanes) is 14. The molecule has 2 aromatic rings. The molecule has 0 saturated heterocycles. The Balaban J connectivity index is 0.00000675. The molecule has 0 unspecified atom stereocenters. The van der Waals surface area contributed by atoms with E-state index in [1.807, 2.05) is 0 Å². The van der Waals surface area contributed by atoms with Gasteiger partial charge in [0.25, 0.3) is 5.91 Å². The minimum atomic E-state index is -4.92. The van der Waals surface area contributed by atoms with Crippen LogP contribution in [0.2, 0.25) is 0 Å². The number of nitrogens with zero attached hydrogens (tertiary/aromatic N) is 2. The van der Waals surface area contributed by atoms with Gasteiger partial charge in [-0.1, -0.05) is 115 Å². The first-order valence-corrected chi connectivity index (χ1v) is 17.2. The van der Waals surface area contributed by atoms with Gasteiger partial charge in [-0.3, -0.25) is 9.59 Å². The Kier molecular flexibility index (Phi) is 17.9. The molecule has 1 aliphatic heterocycles. The van der Waals surface area contributed by atoms with Gasteiger partial charge in [0.15, 0.2) is 0 Å². The molecule has 1 N–H and O–H groups in total. The van der Waals surface area contributed by atoms with E-state index in [0.717, 1.165) is 30.3 Å². The summed E-state index contributed by atoms with van der Waals surface area (Å²) >= 11 is 0. The van der Waals surface area contributed by atoms with Crippen molar-refractivity contribution >= 4 is 33.5 Å². The molecule has 44 heavy (non-hydrogen) atoms. The molecule has 236 valence electrons. The zero-order chi connectivity index (χ0) is 30.9. The summed E-state index contributed by atoms with van der Waals surface area (Å²) in [6, 6.07) is 12.2. The molecule has 0 fully saturated rings. The number of rotatable bonds is 20. The van der Waals surface area contributed by atoms with E-state index >= 15 is 0 Å². The quantitative estimate of drug-likeness (QED) is 0.126. The van der Waals surface area contributed by atoms with E-state index in [-0.39, 0.29) is 59.2 Å². The molecule has 11 heteroatoms. The minimum Gasteiger partial charge on any atom is -0.744 e. The van der Waals surface area contributed by atoms with E-state index in [2.05, 4.69) is 17.3 Å². The van der Waals surface area contributed by atoms with Crippen molar-refractivity contribution in [1.82, 2.24) is 5.32 Å². The first kappa shape index (κ1) is 37.9. The number of anilines is 1. The first-order chi connectivity index (χ1) is 20.8. The summed E-state index contributed by atoms with van der Waals surface area (Å²) in [5.41, 5.74) is 0.0893. The van der Waals surface area contributed by atoms with Crippen molar-refractivity contribution in [2.75, 3.05) is 5.01 Å². The molecule has 0 saturated carbocycles. The Labute approximate surface area is 285 Å². The Morgan fingerprint density at radius 3 is 1.95 bits per heavy atom. The van der Waals surface area contributed by atoms with Crippen LogP contribution in [0.4, 0.5) is 5.69 Å². The van der Waals surface area contributed by atoms with E-state index in [1.165, 1.54) is 89.2 Å². The van der Waals surface area contributed by atoms with Crippen LogP contribution in [0.5, 0.6) is 11.5 Å². The number of carbonyl (C=O) groups is 2. The second-order valence-electron chi connectivity index (χ2n) is 11.2. The molecule has 0 aliphatic carbocycles. The van der Waals surface area contributed by atoms with Gasteiger partial charge in [-0.2, -0.15) is 10.1 Å². The van der Waals surface area contributed by atoms with Gasteiger partial charge in [0.05, 0.1) is 17.0 Å². The topological polar surface area (TPSA) is 128 Å². The van der Waals surface area contributed by atoms with Crippen LogP contribution in [-0.2, 0) is 19.7 Å². The molecule has 0 spiro atoms. The number of hydrazone groups is 1. The molecule has 0 bridgehead atoms. The largest absolute Gasteiger partial charge is 1.00 e. The molecular formula is C33H46N3NaO6S. The van der Waals surface area contributed by atoms with Crippen LogP contribution in [0.25, 0.3) is 0 Å². The third-order valence-corrected chi connectivity index (χ3v) is 8.34. The van der Waals surface area contributed by atoms with E-state index in [4.69, 9.17) is 4.74 Å². The van der Waals surface area contributed by atoms with Gasteiger partial charge in [-0.15, -0.1) is 0 Å². The van der Waals surface area contributed by atoms with E-state index in [0.29, 0.717) is 12.2 Å². The Hall–Kier alpha value is -2.24. The number of hydrogen-bond acceptors (Lipinski definition) is 7. The first-order valence-electron chi connectivity index (χ1n) is 15.8. The average molecular weight is 636 g/mol.